The van der Waals surface area contributed by atoms with Gasteiger partial charge in [-0.3, -0.25) is 4.79 Å². The lowest BCUT2D eigenvalue weighted by molar-refractivity contribution is -0.880. The summed E-state index contributed by atoms with van der Waals surface area (Å²) in [7, 11) is 3.86. The molecule has 2 aromatic rings. The van der Waals surface area contributed by atoms with E-state index in [-0.39, 0.29) is 5.91 Å². The van der Waals surface area contributed by atoms with Crippen LogP contribution in [-0.4, -0.2) is 69.4 Å². The van der Waals surface area contributed by atoms with Crippen LogP contribution in [0.1, 0.15) is 27.2 Å². The Kier molecular flexibility index (Phi) is 8.07. The molecule has 2 N–H and O–H groups in total. The summed E-state index contributed by atoms with van der Waals surface area (Å²) < 4.78 is 4.98. The number of quaternary nitrogens is 1. The Morgan fingerprint density at radius 2 is 2.03 bits per heavy atom. The van der Waals surface area contributed by atoms with Crippen molar-refractivity contribution in [2.45, 2.75) is 24.8 Å². The lowest BCUT2D eigenvalue weighted by atomic mass is 10.1. The lowest BCUT2D eigenvalue weighted by Gasteiger charge is -2.32. The molecule has 1 amide bonds. The molecular formula is C22H32N5O2S+. The number of likely N-dealkylation sites (N-methyl/N-ethyl adjacent to an activating group) is 1. The first kappa shape index (κ1) is 22.5. The number of rotatable bonds is 8. The lowest BCUT2D eigenvalue weighted by Crippen LogP contribution is -3.12. The molecule has 0 saturated carbocycles. The number of ether oxygens (including phenoxy) is 1. The van der Waals surface area contributed by atoms with Gasteiger partial charge < -0.3 is 19.9 Å². The molecular weight excluding hydrogens is 398 g/mol. The number of benzene rings is 1. The van der Waals surface area contributed by atoms with Crippen LogP contribution < -0.4 is 15.1 Å². The molecule has 0 unspecified atom stereocenters. The fourth-order valence-electron chi connectivity index (χ4n) is 3.38. The minimum Gasteiger partial charge on any atom is -0.383 e. The highest BCUT2D eigenvalue weighted by molar-refractivity contribution is 7.98. The summed E-state index contributed by atoms with van der Waals surface area (Å²) in [5.74, 6) is 1.69. The van der Waals surface area contributed by atoms with Crippen molar-refractivity contribution in [1.29, 1.82) is 0 Å². The van der Waals surface area contributed by atoms with E-state index in [4.69, 9.17) is 14.7 Å². The van der Waals surface area contributed by atoms with Crippen molar-refractivity contribution in [1.82, 2.24) is 15.3 Å². The summed E-state index contributed by atoms with van der Waals surface area (Å²) in [6, 6.07) is 7.71. The maximum Gasteiger partial charge on any atom is 0.251 e. The van der Waals surface area contributed by atoms with Gasteiger partial charge in [-0.2, -0.15) is 0 Å². The van der Waals surface area contributed by atoms with E-state index < -0.39 is 0 Å². The molecule has 162 valence electrons. The summed E-state index contributed by atoms with van der Waals surface area (Å²) in [6.07, 6.45) is 0. The Bertz CT molecular complexity index is 869. The quantitative estimate of drug-likeness (QED) is 0.371. The largest absolute Gasteiger partial charge is 0.383 e. The molecule has 1 aromatic carbocycles. The molecule has 8 heteroatoms. The highest BCUT2D eigenvalue weighted by Gasteiger charge is 2.21. The van der Waals surface area contributed by atoms with Crippen LogP contribution in [0.4, 0.5) is 5.82 Å². The first-order chi connectivity index (χ1) is 14.5. The van der Waals surface area contributed by atoms with Gasteiger partial charge in [-0.25, -0.2) is 9.97 Å². The first-order valence-electron chi connectivity index (χ1n) is 10.4. The van der Waals surface area contributed by atoms with Crippen molar-refractivity contribution in [3.8, 4) is 0 Å². The van der Waals surface area contributed by atoms with E-state index in [2.05, 4.69) is 31.1 Å². The van der Waals surface area contributed by atoms with E-state index in [1.54, 1.807) is 23.8 Å². The van der Waals surface area contributed by atoms with Gasteiger partial charge in [0.2, 0.25) is 0 Å². The van der Waals surface area contributed by atoms with Crippen LogP contribution in [0, 0.1) is 13.8 Å². The molecule has 1 fully saturated rings. The van der Waals surface area contributed by atoms with Crippen LogP contribution in [-0.2, 0) is 10.5 Å². The van der Waals surface area contributed by atoms with Crippen LogP contribution in [0.25, 0.3) is 0 Å². The normalized spacial score (nSPS) is 14.7. The number of aromatic nitrogens is 2. The average Bonchev–Trinajstić information content (AvgIpc) is 2.75. The fraction of sp³-hybridized carbons (Fsp3) is 0.500. The third-order valence-corrected chi connectivity index (χ3v) is 6.33. The molecule has 30 heavy (non-hydrogen) atoms. The Labute approximate surface area is 183 Å². The molecule has 0 atom stereocenters. The van der Waals surface area contributed by atoms with Crippen molar-refractivity contribution < 1.29 is 14.4 Å². The topological polar surface area (TPSA) is 71.8 Å². The SMILES string of the molecule is COCCNC(=O)c1cccc(CSc2nc(C)c(C)c(N3CC[NH+](C)CC3)n2)c1. The predicted octanol–water partition coefficient (Wildman–Crippen LogP) is 1.10. The van der Waals surface area contributed by atoms with Gasteiger partial charge in [-0.1, -0.05) is 23.9 Å². The van der Waals surface area contributed by atoms with E-state index in [0.29, 0.717) is 24.5 Å². The second-order valence-corrected chi connectivity index (χ2v) is 8.66. The van der Waals surface area contributed by atoms with Crippen molar-refractivity contribution >= 4 is 23.5 Å². The van der Waals surface area contributed by atoms with Crippen LogP contribution in [0.2, 0.25) is 0 Å². The molecule has 1 aliphatic heterocycles. The predicted molar refractivity (Wildman–Crippen MR) is 121 cm³/mol. The van der Waals surface area contributed by atoms with E-state index in [0.717, 1.165) is 54.0 Å². The number of hydrogen-bond donors (Lipinski definition) is 2. The van der Waals surface area contributed by atoms with Gasteiger partial charge >= 0.3 is 0 Å². The van der Waals surface area contributed by atoms with E-state index in [1.807, 2.05) is 24.3 Å². The van der Waals surface area contributed by atoms with E-state index >= 15 is 0 Å². The minimum atomic E-state index is -0.0826. The molecule has 0 radical (unpaired) electrons. The van der Waals surface area contributed by atoms with Crippen LogP contribution in [0.5, 0.6) is 0 Å². The summed E-state index contributed by atoms with van der Waals surface area (Å²) in [5, 5.41) is 3.65. The maximum atomic E-state index is 12.3. The number of nitrogens with zero attached hydrogens (tertiary/aromatic N) is 3. The second kappa shape index (κ2) is 10.7. The van der Waals surface area contributed by atoms with E-state index in [1.165, 1.54) is 0 Å². The number of aryl methyl sites for hydroxylation is 1. The van der Waals surface area contributed by atoms with Crippen LogP contribution in [0.3, 0.4) is 0 Å². The Morgan fingerprint density at radius 1 is 1.27 bits per heavy atom. The number of amides is 1. The highest BCUT2D eigenvalue weighted by atomic mass is 32.2. The van der Waals surface area contributed by atoms with Gasteiger partial charge in [0.1, 0.15) is 5.82 Å². The first-order valence-corrected chi connectivity index (χ1v) is 11.4. The van der Waals surface area contributed by atoms with Gasteiger partial charge in [0.05, 0.1) is 39.8 Å². The smallest absolute Gasteiger partial charge is 0.251 e. The molecule has 3 rings (SSSR count). The summed E-state index contributed by atoms with van der Waals surface area (Å²) in [5.41, 5.74) is 3.92. The van der Waals surface area contributed by atoms with Crippen molar-refractivity contribution in [2.24, 2.45) is 0 Å². The zero-order valence-corrected chi connectivity index (χ0v) is 19.1. The van der Waals surface area contributed by atoms with Crippen molar-refractivity contribution in [3.63, 3.8) is 0 Å². The molecule has 7 nitrogen and oxygen atoms in total. The minimum absolute atomic E-state index is 0.0826. The molecule has 0 spiro atoms. The van der Waals surface area contributed by atoms with Gasteiger partial charge in [-0.15, -0.1) is 0 Å². The van der Waals surface area contributed by atoms with Gasteiger partial charge in [0.15, 0.2) is 5.16 Å². The number of hydrogen-bond acceptors (Lipinski definition) is 6. The summed E-state index contributed by atoms with van der Waals surface area (Å²) in [4.78, 5) is 25.8. The van der Waals surface area contributed by atoms with Crippen molar-refractivity contribution in [2.75, 3.05) is 58.4 Å². The molecule has 0 aliphatic carbocycles. The standard InChI is InChI=1S/C22H31N5O2S/c1-16-17(2)24-22(25-20(16)27-11-9-26(3)10-12-27)30-15-18-6-5-7-19(14-18)21(28)23-8-13-29-4/h5-7,14H,8-13,15H2,1-4H3,(H,23,28)/p+1. The Hall–Kier alpha value is -2.16. The Morgan fingerprint density at radius 3 is 2.77 bits per heavy atom. The molecule has 1 saturated heterocycles. The number of carbonyl (C=O) groups excluding carboxylic acids is 1. The fourth-order valence-corrected chi connectivity index (χ4v) is 4.21. The van der Waals surface area contributed by atoms with Crippen LogP contribution >= 0.6 is 11.8 Å². The molecule has 2 heterocycles. The number of piperazine rings is 1. The number of carbonyl (C=O) groups is 1. The van der Waals surface area contributed by atoms with Gasteiger partial charge in [-0.05, 0) is 31.5 Å². The number of nitrogens with one attached hydrogen (secondary N) is 2. The number of anilines is 1. The summed E-state index contributed by atoms with van der Waals surface area (Å²) in [6.45, 7) is 9.46. The van der Waals surface area contributed by atoms with Crippen LogP contribution in [0.15, 0.2) is 29.4 Å². The average molecular weight is 431 g/mol. The molecule has 1 aliphatic rings. The third-order valence-electron chi connectivity index (χ3n) is 5.41. The van der Waals surface area contributed by atoms with Gasteiger partial charge in [0.25, 0.3) is 5.91 Å². The maximum absolute atomic E-state index is 12.3. The molecule has 0 bridgehead atoms. The highest BCUT2D eigenvalue weighted by Crippen LogP contribution is 2.26. The Balaban J connectivity index is 1.67. The molecule has 1 aromatic heterocycles. The van der Waals surface area contributed by atoms with Crippen molar-refractivity contribution in [3.05, 3.63) is 46.6 Å². The monoisotopic (exact) mass is 430 g/mol. The van der Waals surface area contributed by atoms with Gasteiger partial charge in [0, 0.05) is 36.2 Å². The number of methoxy groups -OCH3 is 1. The number of thioether (sulfide) groups is 1. The third kappa shape index (κ3) is 5.93. The van der Waals surface area contributed by atoms with E-state index in [9.17, 15) is 4.79 Å². The zero-order valence-electron chi connectivity index (χ0n) is 18.3. The zero-order chi connectivity index (χ0) is 21.5. The second-order valence-electron chi connectivity index (χ2n) is 7.72. The summed E-state index contributed by atoms with van der Waals surface area (Å²) >= 11 is 1.61.